The minimum atomic E-state index is -0.200. The Morgan fingerprint density at radius 3 is 2.31 bits per heavy atom. The number of hydrogen-bond acceptors (Lipinski definition) is 5. The predicted molar refractivity (Wildman–Crippen MR) is 94.6 cm³/mol. The maximum atomic E-state index is 11.7. The summed E-state index contributed by atoms with van der Waals surface area (Å²) in [6.07, 6.45) is 2.12. The second-order valence-corrected chi connectivity index (χ2v) is 5.81. The topological polar surface area (TPSA) is 73.9 Å². The quantitative estimate of drug-likeness (QED) is 0.738. The Kier molecular flexibility index (Phi) is 5.53. The first-order chi connectivity index (χ1) is 12.7. The van der Waals surface area contributed by atoms with Gasteiger partial charge in [-0.1, -0.05) is 24.3 Å². The van der Waals surface area contributed by atoms with Crippen LogP contribution in [-0.4, -0.2) is 25.5 Å². The van der Waals surface area contributed by atoms with E-state index in [1.807, 2.05) is 36.4 Å². The molecule has 0 aliphatic carbocycles. The third-order valence-electron chi connectivity index (χ3n) is 4.05. The van der Waals surface area contributed by atoms with Gasteiger partial charge in [-0.05, 0) is 41.8 Å². The molecule has 6 heteroatoms. The molecule has 1 heterocycles. The number of methoxy groups -OCH3 is 1. The largest absolute Gasteiger partial charge is 0.497 e. The Morgan fingerprint density at radius 2 is 1.65 bits per heavy atom. The highest BCUT2D eigenvalue weighted by Gasteiger charge is 2.25. The summed E-state index contributed by atoms with van der Waals surface area (Å²) < 4.78 is 15.7. The van der Waals surface area contributed by atoms with Crippen LogP contribution < -0.4 is 14.8 Å². The fourth-order valence-electron chi connectivity index (χ4n) is 2.69. The van der Waals surface area contributed by atoms with Crippen molar-refractivity contribution in [2.24, 2.45) is 0 Å². The molecule has 1 aliphatic heterocycles. The molecule has 2 aromatic carbocycles. The summed E-state index contributed by atoms with van der Waals surface area (Å²) in [5, 5.41) is 2.90. The van der Waals surface area contributed by atoms with Crippen LogP contribution in [0.4, 0.5) is 0 Å². The van der Waals surface area contributed by atoms with Crippen molar-refractivity contribution in [3.05, 3.63) is 71.5 Å². The summed E-state index contributed by atoms with van der Waals surface area (Å²) in [6.45, 7) is 0.706. The van der Waals surface area contributed by atoms with Crippen LogP contribution in [0.25, 0.3) is 0 Å². The Morgan fingerprint density at radius 1 is 1.00 bits per heavy atom. The van der Waals surface area contributed by atoms with Crippen LogP contribution in [0.1, 0.15) is 11.1 Å². The zero-order chi connectivity index (χ0) is 18.4. The van der Waals surface area contributed by atoms with Gasteiger partial charge in [-0.15, -0.1) is 0 Å². The minimum Gasteiger partial charge on any atom is -0.497 e. The zero-order valence-electron chi connectivity index (χ0n) is 14.3. The average Bonchev–Trinajstić information content (AvgIpc) is 3.01. The van der Waals surface area contributed by atoms with Gasteiger partial charge in [-0.3, -0.25) is 9.59 Å². The summed E-state index contributed by atoms with van der Waals surface area (Å²) in [6, 6.07) is 14.5. The molecule has 0 saturated heterocycles. The molecule has 0 saturated carbocycles. The van der Waals surface area contributed by atoms with E-state index in [0.717, 1.165) is 16.9 Å². The van der Waals surface area contributed by atoms with Crippen LogP contribution >= 0.6 is 0 Å². The van der Waals surface area contributed by atoms with E-state index in [1.54, 1.807) is 19.2 Å². The smallest absolute Gasteiger partial charge is 0.298 e. The molecule has 0 aromatic heterocycles. The number of benzene rings is 2. The summed E-state index contributed by atoms with van der Waals surface area (Å²) in [4.78, 5) is 22.1. The molecule has 1 N–H and O–H groups in total. The van der Waals surface area contributed by atoms with Crippen molar-refractivity contribution in [3.63, 3.8) is 0 Å². The Labute approximate surface area is 151 Å². The lowest BCUT2D eigenvalue weighted by Gasteiger charge is -2.17. The van der Waals surface area contributed by atoms with Gasteiger partial charge in [-0.25, -0.2) is 0 Å². The van der Waals surface area contributed by atoms with Crippen LogP contribution in [0.15, 0.2) is 60.4 Å². The van der Waals surface area contributed by atoms with E-state index in [1.165, 1.54) is 6.08 Å². The second kappa shape index (κ2) is 8.20. The Hall–Kier alpha value is -3.28. The first-order valence-corrected chi connectivity index (χ1v) is 8.15. The first kappa shape index (κ1) is 17.5. The molecule has 134 valence electrons. The number of rotatable bonds is 8. The highest BCUT2D eigenvalue weighted by atomic mass is 16.5. The monoisotopic (exact) mass is 353 g/mol. The normalized spacial score (nSPS) is 15.8. The van der Waals surface area contributed by atoms with Crippen molar-refractivity contribution in [3.8, 4) is 11.5 Å². The molecule has 0 fully saturated rings. The van der Waals surface area contributed by atoms with Gasteiger partial charge in [0, 0.05) is 6.08 Å². The maximum Gasteiger partial charge on any atom is 0.298 e. The lowest BCUT2D eigenvalue weighted by atomic mass is 10.1. The van der Waals surface area contributed by atoms with E-state index in [0.29, 0.717) is 31.0 Å². The summed E-state index contributed by atoms with van der Waals surface area (Å²) >= 11 is 0. The zero-order valence-corrected chi connectivity index (χ0v) is 14.3. The Balaban J connectivity index is 1.60. The molecular formula is C20H19NO5. The number of ether oxygens (including phenoxy) is 3. The number of carbonyl (C=O) groups excluding carboxylic acids is 2. The van der Waals surface area contributed by atoms with Crippen molar-refractivity contribution in [2.45, 2.75) is 19.1 Å². The molecule has 6 nitrogen and oxygen atoms in total. The summed E-state index contributed by atoms with van der Waals surface area (Å²) in [7, 11) is 1.62. The average molecular weight is 353 g/mol. The lowest BCUT2D eigenvalue weighted by molar-refractivity contribution is -0.120. The van der Waals surface area contributed by atoms with E-state index in [-0.39, 0.29) is 11.9 Å². The van der Waals surface area contributed by atoms with Crippen LogP contribution in [0.2, 0.25) is 0 Å². The Bertz CT molecular complexity index is 796. The maximum absolute atomic E-state index is 11.7. The first-order valence-electron chi connectivity index (χ1n) is 8.15. The molecule has 1 aliphatic rings. The highest BCUT2D eigenvalue weighted by Crippen LogP contribution is 2.20. The molecular weight excluding hydrogens is 334 g/mol. The number of carbonyl (C=O) groups is 2. The van der Waals surface area contributed by atoms with Crippen molar-refractivity contribution >= 4 is 12.4 Å². The molecule has 0 bridgehead atoms. The molecule has 1 atom stereocenters. The van der Waals surface area contributed by atoms with Gasteiger partial charge in [-0.2, -0.15) is 0 Å². The van der Waals surface area contributed by atoms with E-state index < -0.39 is 0 Å². The van der Waals surface area contributed by atoms with E-state index in [9.17, 15) is 9.59 Å². The standard InChI is InChI=1S/C20H19NO5/c1-24-16-6-2-14(3-7-16)10-18-19(11-20(23)21-18)25-12-15-4-8-17(9-5-15)26-13-22/h2-9,11,13,18H,10,12H2,1H3,(H,21,23). The number of nitrogens with one attached hydrogen (secondary N) is 1. The molecule has 0 spiro atoms. The molecule has 1 unspecified atom stereocenters. The molecule has 2 aromatic rings. The van der Waals surface area contributed by atoms with Gasteiger partial charge in [0.2, 0.25) is 5.91 Å². The van der Waals surface area contributed by atoms with Gasteiger partial charge in [0.15, 0.2) is 0 Å². The van der Waals surface area contributed by atoms with Crippen LogP contribution in [0, 0.1) is 0 Å². The van der Waals surface area contributed by atoms with E-state index >= 15 is 0 Å². The SMILES string of the molecule is COc1ccc(CC2NC(=O)C=C2OCc2ccc(OC=O)cc2)cc1. The number of amides is 1. The van der Waals surface area contributed by atoms with E-state index in [2.05, 4.69) is 5.32 Å². The fraction of sp³-hybridized carbons (Fsp3) is 0.200. The third-order valence-corrected chi connectivity index (χ3v) is 4.05. The summed E-state index contributed by atoms with van der Waals surface area (Å²) in [5.74, 6) is 1.71. The van der Waals surface area contributed by atoms with Crippen LogP contribution in [0.3, 0.4) is 0 Å². The highest BCUT2D eigenvalue weighted by molar-refractivity contribution is 5.91. The van der Waals surface area contributed by atoms with Gasteiger partial charge in [0.05, 0.1) is 13.2 Å². The van der Waals surface area contributed by atoms with Crippen LogP contribution in [0.5, 0.6) is 11.5 Å². The fourth-order valence-corrected chi connectivity index (χ4v) is 2.69. The van der Waals surface area contributed by atoms with Crippen molar-refractivity contribution < 1.29 is 23.8 Å². The van der Waals surface area contributed by atoms with Gasteiger partial charge < -0.3 is 19.5 Å². The van der Waals surface area contributed by atoms with Crippen molar-refractivity contribution in [1.29, 1.82) is 0 Å². The second-order valence-electron chi connectivity index (χ2n) is 5.81. The number of hydrogen-bond donors (Lipinski definition) is 1. The molecule has 1 amide bonds. The third kappa shape index (κ3) is 4.42. The van der Waals surface area contributed by atoms with Crippen LogP contribution in [-0.2, 0) is 27.4 Å². The van der Waals surface area contributed by atoms with E-state index in [4.69, 9.17) is 14.2 Å². The van der Waals surface area contributed by atoms with Crippen molar-refractivity contribution in [1.82, 2.24) is 5.32 Å². The predicted octanol–water partition coefficient (Wildman–Crippen LogP) is 2.37. The lowest BCUT2D eigenvalue weighted by Crippen LogP contribution is -2.31. The molecule has 0 radical (unpaired) electrons. The minimum absolute atomic E-state index is 0.159. The van der Waals surface area contributed by atoms with Gasteiger partial charge in [0.1, 0.15) is 23.9 Å². The summed E-state index contributed by atoms with van der Waals surface area (Å²) in [5.41, 5.74) is 1.98. The van der Waals surface area contributed by atoms with Gasteiger partial charge in [0.25, 0.3) is 6.47 Å². The van der Waals surface area contributed by atoms with Crippen molar-refractivity contribution in [2.75, 3.05) is 7.11 Å². The van der Waals surface area contributed by atoms with Gasteiger partial charge >= 0.3 is 0 Å². The molecule has 26 heavy (non-hydrogen) atoms. The molecule has 3 rings (SSSR count).